The molecule has 2 aromatic carbocycles. The summed E-state index contributed by atoms with van der Waals surface area (Å²) in [5, 5.41) is 8.40. The number of nitrogens with one attached hydrogen (secondary N) is 1. The van der Waals surface area contributed by atoms with E-state index < -0.39 is 0 Å². The Hall–Kier alpha value is -3.15. The Kier molecular flexibility index (Phi) is 4.39. The second kappa shape index (κ2) is 7.00. The van der Waals surface area contributed by atoms with E-state index in [1.165, 1.54) is 6.26 Å². The van der Waals surface area contributed by atoms with Gasteiger partial charge in [0.15, 0.2) is 5.82 Å². The van der Waals surface area contributed by atoms with Crippen LogP contribution in [0.2, 0.25) is 0 Å². The minimum absolute atomic E-state index is 0.00494. The van der Waals surface area contributed by atoms with Gasteiger partial charge < -0.3 is 14.7 Å². The fourth-order valence-electron chi connectivity index (χ4n) is 2.97. The number of hydrogen-bond donors (Lipinski definition) is 1. The number of nitrogens with zero attached hydrogens (tertiary/aromatic N) is 2. The maximum absolute atomic E-state index is 13.0. The number of amides is 2. The highest BCUT2D eigenvalue weighted by Crippen LogP contribution is 2.30. The quantitative estimate of drug-likeness (QED) is 0.741. The zero-order valence-electron chi connectivity index (χ0n) is 14.2. The van der Waals surface area contributed by atoms with E-state index in [9.17, 15) is 9.59 Å². The molecule has 1 saturated carbocycles. The first-order chi connectivity index (χ1) is 12.7. The van der Waals surface area contributed by atoms with Gasteiger partial charge in [-0.05, 0) is 41.7 Å². The van der Waals surface area contributed by atoms with E-state index in [-0.39, 0.29) is 18.4 Å². The molecule has 6 heteroatoms. The molecule has 0 aliphatic heterocycles. The van der Waals surface area contributed by atoms with Crippen molar-refractivity contribution in [3.63, 3.8) is 0 Å². The number of hydrogen-bond acceptors (Lipinski definition) is 4. The van der Waals surface area contributed by atoms with Crippen molar-refractivity contribution in [3.8, 4) is 0 Å². The van der Waals surface area contributed by atoms with E-state index in [1.54, 1.807) is 11.0 Å². The third-order valence-electron chi connectivity index (χ3n) is 4.50. The first kappa shape index (κ1) is 16.3. The van der Waals surface area contributed by atoms with Gasteiger partial charge in [0.2, 0.25) is 5.91 Å². The maximum Gasteiger partial charge on any atom is 0.254 e. The lowest BCUT2D eigenvalue weighted by molar-refractivity contribution is -0.117. The molecule has 0 atom stereocenters. The summed E-state index contributed by atoms with van der Waals surface area (Å²) >= 11 is 0. The number of benzene rings is 2. The maximum atomic E-state index is 13.0. The van der Waals surface area contributed by atoms with Gasteiger partial charge in [-0.25, -0.2) is 0 Å². The van der Waals surface area contributed by atoms with Crippen LogP contribution in [0.3, 0.4) is 0 Å². The van der Waals surface area contributed by atoms with Gasteiger partial charge >= 0.3 is 0 Å². The Morgan fingerprint density at radius 1 is 1.12 bits per heavy atom. The fourth-order valence-corrected chi connectivity index (χ4v) is 2.97. The standard InChI is InChI=1S/C20H19N3O3/c24-19(21-18-9-10-26-22-18)13-23(12-14-5-6-14)20(25)17-8-7-15-3-1-2-4-16(15)11-17/h1-4,7-11,14H,5-6,12-13H2,(H,21,22,24). The van der Waals surface area contributed by atoms with Gasteiger partial charge in [0.1, 0.15) is 12.8 Å². The van der Waals surface area contributed by atoms with Crippen LogP contribution in [0.5, 0.6) is 0 Å². The van der Waals surface area contributed by atoms with Gasteiger partial charge in [-0.2, -0.15) is 0 Å². The zero-order valence-corrected chi connectivity index (χ0v) is 14.2. The summed E-state index contributed by atoms with van der Waals surface area (Å²) in [4.78, 5) is 26.9. The van der Waals surface area contributed by atoms with Crippen molar-refractivity contribution in [2.45, 2.75) is 12.8 Å². The van der Waals surface area contributed by atoms with E-state index in [2.05, 4.69) is 10.5 Å². The molecule has 1 aliphatic carbocycles. The number of rotatable bonds is 6. The number of carbonyl (C=O) groups is 2. The van der Waals surface area contributed by atoms with Crippen molar-refractivity contribution in [2.75, 3.05) is 18.4 Å². The minimum Gasteiger partial charge on any atom is -0.363 e. The Labute approximate surface area is 150 Å². The second-order valence-corrected chi connectivity index (χ2v) is 6.62. The molecule has 132 valence electrons. The van der Waals surface area contributed by atoms with Gasteiger partial charge in [-0.1, -0.05) is 35.5 Å². The second-order valence-electron chi connectivity index (χ2n) is 6.62. The van der Waals surface area contributed by atoms with Gasteiger partial charge in [-0.3, -0.25) is 9.59 Å². The third kappa shape index (κ3) is 3.74. The van der Waals surface area contributed by atoms with Crippen LogP contribution in [0, 0.1) is 5.92 Å². The van der Waals surface area contributed by atoms with Crippen LogP contribution in [0.25, 0.3) is 10.8 Å². The van der Waals surface area contributed by atoms with Crippen LogP contribution in [0.4, 0.5) is 5.82 Å². The minimum atomic E-state index is -0.284. The molecule has 0 radical (unpaired) electrons. The molecule has 1 heterocycles. The number of aromatic nitrogens is 1. The predicted molar refractivity (Wildman–Crippen MR) is 97.7 cm³/mol. The van der Waals surface area contributed by atoms with Gasteiger partial charge in [0.25, 0.3) is 5.91 Å². The molecule has 1 N–H and O–H groups in total. The van der Waals surface area contributed by atoms with Gasteiger partial charge in [0.05, 0.1) is 0 Å². The van der Waals surface area contributed by atoms with Crippen LogP contribution in [0.1, 0.15) is 23.2 Å². The average molecular weight is 349 g/mol. The Morgan fingerprint density at radius 2 is 1.92 bits per heavy atom. The summed E-state index contributed by atoms with van der Waals surface area (Å²) in [5.74, 6) is 0.422. The van der Waals surface area contributed by atoms with Crippen molar-refractivity contribution in [3.05, 3.63) is 60.4 Å². The SMILES string of the molecule is O=C(CN(CC1CC1)C(=O)c1ccc2ccccc2c1)Nc1ccon1. The van der Waals surface area contributed by atoms with Gasteiger partial charge in [0, 0.05) is 18.2 Å². The lowest BCUT2D eigenvalue weighted by Crippen LogP contribution is -2.39. The van der Waals surface area contributed by atoms with Crippen molar-refractivity contribution in [2.24, 2.45) is 5.92 Å². The van der Waals surface area contributed by atoms with E-state index in [1.807, 2.05) is 42.5 Å². The largest absolute Gasteiger partial charge is 0.363 e. The first-order valence-electron chi connectivity index (χ1n) is 8.67. The molecule has 6 nitrogen and oxygen atoms in total. The summed E-state index contributed by atoms with van der Waals surface area (Å²) in [5.41, 5.74) is 0.596. The first-order valence-corrected chi connectivity index (χ1v) is 8.67. The summed E-state index contributed by atoms with van der Waals surface area (Å²) in [7, 11) is 0. The molecule has 1 aromatic heterocycles. The molecule has 26 heavy (non-hydrogen) atoms. The topological polar surface area (TPSA) is 75.4 Å². The highest BCUT2D eigenvalue weighted by Gasteiger charge is 2.28. The molecule has 2 amide bonds. The number of carbonyl (C=O) groups excluding carboxylic acids is 2. The lowest BCUT2D eigenvalue weighted by Gasteiger charge is -2.22. The fraction of sp³-hybridized carbons (Fsp3) is 0.250. The van der Waals surface area contributed by atoms with E-state index in [0.717, 1.165) is 23.6 Å². The lowest BCUT2D eigenvalue weighted by atomic mass is 10.1. The van der Waals surface area contributed by atoms with Crippen LogP contribution in [-0.2, 0) is 4.79 Å². The Bertz CT molecular complexity index is 932. The van der Waals surface area contributed by atoms with Crippen molar-refractivity contribution in [1.29, 1.82) is 0 Å². The molecule has 1 aliphatic rings. The van der Waals surface area contributed by atoms with Gasteiger partial charge in [-0.15, -0.1) is 0 Å². The summed E-state index contributed by atoms with van der Waals surface area (Å²) in [6, 6.07) is 15.1. The molecule has 1 fully saturated rings. The number of anilines is 1. The highest BCUT2D eigenvalue weighted by atomic mass is 16.5. The molecule has 4 rings (SSSR count). The normalized spacial score (nSPS) is 13.5. The third-order valence-corrected chi connectivity index (χ3v) is 4.50. The van der Waals surface area contributed by atoms with Crippen LogP contribution < -0.4 is 5.32 Å². The van der Waals surface area contributed by atoms with E-state index >= 15 is 0 Å². The average Bonchev–Trinajstić information content (AvgIpc) is 3.33. The smallest absolute Gasteiger partial charge is 0.254 e. The van der Waals surface area contributed by atoms with E-state index in [4.69, 9.17) is 4.52 Å². The summed E-state index contributed by atoms with van der Waals surface area (Å²) < 4.78 is 4.71. The van der Waals surface area contributed by atoms with Crippen LogP contribution in [0.15, 0.2) is 59.3 Å². The Balaban J connectivity index is 1.52. The predicted octanol–water partition coefficient (Wildman–Crippen LogP) is 3.32. The molecule has 0 unspecified atom stereocenters. The van der Waals surface area contributed by atoms with E-state index in [0.29, 0.717) is 23.8 Å². The monoisotopic (exact) mass is 349 g/mol. The Morgan fingerprint density at radius 3 is 2.65 bits per heavy atom. The zero-order chi connectivity index (χ0) is 17.9. The highest BCUT2D eigenvalue weighted by molar-refractivity contribution is 6.01. The molecular weight excluding hydrogens is 330 g/mol. The molecule has 0 bridgehead atoms. The van der Waals surface area contributed by atoms with Crippen molar-refractivity contribution >= 4 is 28.4 Å². The summed E-state index contributed by atoms with van der Waals surface area (Å²) in [6.07, 6.45) is 3.59. The molecule has 0 spiro atoms. The van der Waals surface area contributed by atoms with Crippen LogP contribution >= 0.6 is 0 Å². The van der Waals surface area contributed by atoms with Crippen LogP contribution in [-0.4, -0.2) is 35.0 Å². The molecular formula is C20H19N3O3. The molecule has 0 saturated heterocycles. The van der Waals surface area contributed by atoms with Crippen molar-refractivity contribution < 1.29 is 14.1 Å². The molecule has 3 aromatic rings. The summed E-state index contributed by atoms with van der Waals surface area (Å²) in [6.45, 7) is 0.590. The number of fused-ring (bicyclic) bond motifs is 1. The van der Waals surface area contributed by atoms with Crippen molar-refractivity contribution in [1.82, 2.24) is 10.1 Å².